The summed E-state index contributed by atoms with van der Waals surface area (Å²) in [4.78, 5) is 11.4. The van der Waals surface area contributed by atoms with Crippen LogP contribution in [0.5, 0.6) is 0 Å². The van der Waals surface area contributed by atoms with Crippen LogP contribution in [0.1, 0.15) is 33.5 Å². The van der Waals surface area contributed by atoms with Crippen LogP contribution in [-0.4, -0.2) is 13.1 Å². The van der Waals surface area contributed by atoms with Gasteiger partial charge in [-0.05, 0) is 42.0 Å². The number of hydrogen-bond donors (Lipinski definition) is 1. The summed E-state index contributed by atoms with van der Waals surface area (Å²) in [6.45, 7) is 0. The van der Waals surface area contributed by atoms with Crippen molar-refractivity contribution in [3.63, 3.8) is 0 Å². The SMILES string of the molecule is COC(=O)c1ccc(C(N)C2Cc3ccccc3C2)o1. The van der Waals surface area contributed by atoms with Crippen molar-refractivity contribution >= 4 is 5.97 Å². The van der Waals surface area contributed by atoms with E-state index in [4.69, 9.17) is 10.2 Å². The van der Waals surface area contributed by atoms with E-state index < -0.39 is 5.97 Å². The summed E-state index contributed by atoms with van der Waals surface area (Å²) < 4.78 is 10.1. The molecular formula is C16H17NO3. The maximum absolute atomic E-state index is 11.4. The number of nitrogens with two attached hydrogens (primary N) is 1. The summed E-state index contributed by atoms with van der Waals surface area (Å²) in [7, 11) is 1.33. The van der Waals surface area contributed by atoms with Crippen molar-refractivity contribution in [1.29, 1.82) is 0 Å². The molecule has 2 N–H and O–H groups in total. The number of esters is 1. The second-order valence-corrected chi connectivity index (χ2v) is 5.16. The molecule has 0 bridgehead atoms. The Morgan fingerprint density at radius 3 is 2.50 bits per heavy atom. The highest BCUT2D eigenvalue weighted by Gasteiger charge is 2.29. The van der Waals surface area contributed by atoms with Crippen molar-refractivity contribution in [1.82, 2.24) is 0 Å². The Labute approximate surface area is 117 Å². The fourth-order valence-corrected chi connectivity index (χ4v) is 2.82. The lowest BCUT2D eigenvalue weighted by molar-refractivity contribution is 0.0561. The number of methoxy groups -OCH3 is 1. The molecule has 4 heteroatoms. The highest BCUT2D eigenvalue weighted by Crippen LogP contribution is 2.34. The maximum atomic E-state index is 11.4. The zero-order valence-electron chi connectivity index (χ0n) is 11.3. The molecule has 0 fully saturated rings. The van der Waals surface area contributed by atoms with E-state index in [1.807, 2.05) is 0 Å². The number of rotatable bonds is 3. The molecule has 104 valence electrons. The lowest BCUT2D eigenvalue weighted by Gasteiger charge is -2.16. The summed E-state index contributed by atoms with van der Waals surface area (Å²) >= 11 is 0. The molecule has 1 heterocycles. The quantitative estimate of drug-likeness (QED) is 0.871. The molecule has 2 aromatic rings. The zero-order chi connectivity index (χ0) is 14.1. The highest BCUT2D eigenvalue weighted by atomic mass is 16.5. The number of furan rings is 1. The Hall–Kier alpha value is -2.07. The van der Waals surface area contributed by atoms with Gasteiger partial charge in [0.2, 0.25) is 5.76 Å². The van der Waals surface area contributed by atoms with Gasteiger partial charge in [-0.25, -0.2) is 4.79 Å². The van der Waals surface area contributed by atoms with Crippen LogP contribution in [-0.2, 0) is 17.6 Å². The smallest absolute Gasteiger partial charge is 0.373 e. The first-order chi connectivity index (χ1) is 9.69. The van der Waals surface area contributed by atoms with Crippen LogP contribution in [0.2, 0.25) is 0 Å². The van der Waals surface area contributed by atoms with Gasteiger partial charge < -0.3 is 14.9 Å². The van der Waals surface area contributed by atoms with Gasteiger partial charge >= 0.3 is 5.97 Å². The van der Waals surface area contributed by atoms with E-state index >= 15 is 0 Å². The molecule has 0 radical (unpaired) electrons. The minimum atomic E-state index is -0.474. The van der Waals surface area contributed by atoms with E-state index in [1.54, 1.807) is 12.1 Å². The minimum Gasteiger partial charge on any atom is -0.463 e. The van der Waals surface area contributed by atoms with Crippen molar-refractivity contribution in [3.8, 4) is 0 Å². The number of hydrogen-bond acceptors (Lipinski definition) is 4. The molecule has 3 rings (SSSR count). The minimum absolute atomic E-state index is 0.202. The summed E-state index contributed by atoms with van der Waals surface area (Å²) in [5, 5.41) is 0. The Kier molecular flexibility index (Phi) is 3.32. The average Bonchev–Trinajstić information content (AvgIpc) is 3.12. The Morgan fingerprint density at radius 2 is 1.90 bits per heavy atom. The van der Waals surface area contributed by atoms with Crippen molar-refractivity contribution in [3.05, 3.63) is 59.0 Å². The first kappa shape index (κ1) is 12.9. The van der Waals surface area contributed by atoms with Crippen LogP contribution in [0.4, 0.5) is 0 Å². The summed E-state index contributed by atoms with van der Waals surface area (Å²) in [6.07, 6.45) is 1.90. The Bertz CT molecular complexity index is 607. The lowest BCUT2D eigenvalue weighted by atomic mass is 9.95. The van der Waals surface area contributed by atoms with E-state index in [-0.39, 0.29) is 11.8 Å². The van der Waals surface area contributed by atoms with E-state index in [0.29, 0.717) is 11.7 Å². The highest BCUT2D eigenvalue weighted by molar-refractivity contribution is 5.86. The molecule has 0 amide bonds. The van der Waals surface area contributed by atoms with Gasteiger partial charge in [0.25, 0.3) is 0 Å². The molecule has 1 aromatic carbocycles. The molecule has 1 unspecified atom stereocenters. The third-order valence-electron chi connectivity index (χ3n) is 3.93. The number of carbonyl (C=O) groups is 1. The van der Waals surface area contributed by atoms with Gasteiger partial charge in [0.15, 0.2) is 0 Å². The maximum Gasteiger partial charge on any atom is 0.373 e. The molecule has 20 heavy (non-hydrogen) atoms. The predicted octanol–water partition coefficient (Wildman–Crippen LogP) is 2.48. The van der Waals surface area contributed by atoms with E-state index in [9.17, 15) is 4.79 Å². The van der Waals surface area contributed by atoms with Crippen LogP contribution in [0.3, 0.4) is 0 Å². The summed E-state index contributed by atoms with van der Waals surface area (Å²) in [5.74, 6) is 0.680. The van der Waals surface area contributed by atoms with Crippen LogP contribution in [0.25, 0.3) is 0 Å². The Morgan fingerprint density at radius 1 is 1.25 bits per heavy atom. The molecule has 0 spiro atoms. The number of ether oxygens (including phenoxy) is 1. The first-order valence-electron chi connectivity index (χ1n) is 6.69. The van der Waals surface area contributed by atoms with Gasteiger partial charge in [-0.15, -0.1) is 0 Å². The number of fused-ring (bicyclic) bond motifs is 1. The summed E-state index contributed by atoms with van der Waals surface area (Å²) in [6, 6.07) is 11.6. The first-order valence-corrected chi connectivity index (χ1v) is 6.69. The average molecular weight is 271 g/mol. The molecule has 1 aromatic heterocycles. The van der Waals surface area contributed by atoms with Crippen LogP contribution in [0.15, 0.2) is 40.8 Å². The molecular weight excluding hydrogens is 254 g/mol. The largest absolute Gasteiger partial charge is 0.463 e. The van der Waals surface area contributed by atoms with Gasteiger partial charge in [0.05, 0.1) is 13.2 Å². The molecule has 1 atom stereocenters. The number of carbonyl (C=O) groups excluding carboxylic acids is 1. The molecule has 0 saturated carbocycles. The third kappa shape index (κ3) is 2.23. The van der Waals surface area contributed by atoms with E-state index in [1.165, 1.54) is 18.2 Å². The van der Waals surface area contributed by atoms with Gasteiger partial charge in [-0.3, -0.25) is 0 Å². The van der Waals surface area contributed by atoms with E-state index in [2.05, 4.69) is 29.0 Å². The fraction of sp³-hybridized carbons (Fsp3) is 0.312. The van der Waals surface area contributed by atoms with Gasteiger partial charge in [0.1, 0.15) is 5.76 Å². The van der Waals surface area contributed by atoms with Crippen LogP contribution in [0, 0.1) is 5.92 Å². The molecule has 1 aliphatic rings. The predicted molar refractivity (Wildman–Crippen MR) is 74.3 cm³/mol. The normalized spacial score (nSPS) is 15.9. The lowest BCUT2D eigenvalue weighted by Crippen LogP contribution is -2.21. The van der Waals surface area contributed by atoms with Crippen molar-refractivity contribution in [2.75, 3.05) is 7.11 Å². The van der Waals surface area contributed by atoms with E-state index in [0.717, 1.165) is 12.8 Å². The Balaban J connectivity index is 1.76. The van der Waals surface area contributed by atoms with Crippen molar-refractivity contribution < 1.29 is 13.9 Å². The zero-order valence-corrected chi connectivity index (χ0v) is 11.3. The standard InChI is InChI=1S/C16H17NO3/c1-19-16(18)14-7-6-13(20-14)15(17)12-8-10-4-2-3-5-11(10)9-12/h2-7,12,15H,8-9,17H2,1H3. The third-order valence-corrected chi connectivity index (χ3v) is 3.93. The molecule has 0 aliphatic heterocycles. The van der Waals surface area contributed by atoms with Gasteiger partial charge in [-0.2, -0.15) is 0 Å². The van der Waals surface area contributed by atoms with Crippen molar-refractivity contribution in [2.45, 2.75) is 18.9 Å². The van der Waals surface area contributed by atoms with Crippen LogP contribution < -0.4 is 5.73 Å². The molecule has 0 saturated heterocycles. The van der Waals surface area contributed by atoms with Gasteiger partial charge in [-0.1, -0.05) is 24.3 Å². The fourth-order valence-electron chi connectivity index (χ4n) is 2.82. The summed E-state index contributed by atoms with van der Waals surface area (Å²) in [5.41, 5.74) is 9.00. The van der Waals surface area contributed by atoms with Crippen LogP contribution >= 0.6 is 0 Å². The van der Waals surface area contributed by atoms with Crippen molar-refractivity contribution in [2.24, 2.45) is 11.7 Å². The monoisotopic (exact) mass is 271 g/mol. The second kappa shape index (κ2) is 5.13. The number of benzene rings is 1. The molecule has 1 aliphatic carbocycles. The second-order valence-electron chi connectivity index (χ2n) is 5.16. The molecule has 4 nitrogen and oxygen atoms in total. The topological polar surface area (TPSA) is 65.5 Å². The van der Waals surface area contributed by atoms with Gasteiger partial charge in [0, 0.05) is 0 Å².